The number of nitrogens with one attached hydrogen (secondary N) is 8. The first-order valence-corrected chi connectivity index (χ1v) is 27.6. The number of likely N-dealkylation sites (N-methyl/N-ethyl adjacent to an activating group) is 1. The molecule has 1 aliphatic rings. The molecule has 0 unspecified atom stereocenters. The minimum absolute atomic E-state index is 0.0419. The summed E-state index contributed by atoms with van der Waals surface area (Å²) in [5.41, 5.74) is 15.2. The number of carbonyl (C=O) groups excluding carboxylic acids is 8. The standard InChI is InChI=1S/C54H65N11O11S2/c1-31(66)45-52(73)61-41(26-34-18-10-5-11-19-34)50(71)62-43(54(75)76)30-78-77-29-37(56)47(68)58-39(24-32-14-6-3-7-15-32)48(69)59-40(25-33-16-8-4-9-17-33)49(70)60-42(27-35-28-57-38-21-13-12-20-36(35)38)51(72)64-46(53(74)63-45)65(2)44(67)22-23-55/h3-21,28,31,37,39-43,45-46,57,66H,22-27,29-30,55-56H2,1-2H3,(H,58,68)(H,59,69)(H,60,70)(H,61,73)(H,62,71)(H,63,74)(H,64,72)(H,75,76)/t31-,37+,39+,40+,41+,42-,43+,45+,46+/m1/s1. The fourth-order valence-electron chi connectivity index (χ4n) is 8.41. The summed E-state index contributed by atoms with van der Waals surface area (Å²) in [5.74, 6) is -9.06. The number of hydrogen-bond donors (Lipinski definition) is 12. The van der Waals surface area contributed by atoms with Crippen molar-refractivity contribution in [3.8, 4) is 0 Å². The number of aliphatic hydroxyl groups is 1. The highest BCUT2D eigenvalue weighted by molar-refractivity contribution is 8.76. The predicted octanol–water partition coefficient (Wildman–Crippen LogP) is -0.215. The molecular formula is C54H65N11O11S2. The minimum atomic E-state index is -1.94. The Morgan fingerprint density at radius 2 is 1.04 bits per heavy atom. The van der Waals surface area contributed by atoms with Crippen LogP contribution in [0.25, 0.3) is 10.9 Å². The molecule has 1 saturated heterocycles. The van der Waals surface area contributed by atoms with Gasteiger partial charge in [0.2, 0.25) is 41.4 Å². The van der Waals surface area contributed by atoms with Gasteiger partial charge in [-0.2, -0.15) is 0 Å². The van der Waals surface area contributed by atoms with Crippen LogP contribution in [0.15, 0.2) is 121 Å². The molecule has 414 valence electrons. The van der Waals surface area contributed by atoms with Gasteiger partial charge in [-0.15, -0.1) is 0 Å². The van der Waals surface area contributed by atoms with Gasteiger partial charge in [-0.1, -0.05) is 131 Å². The molecule has 0 bridgehead atoms. The average Bonchev–Trinajstić information content (AvgIpc) is 3.84. The molecule has 2 heterocycles. The van der Waals surface area contributed by atoms with E-state index < -0.39 is 108 Å². The maximum absolute atomic E-state index is 14.9. The molecule has 14 N–H and O–H groups in total. The number of nitrogens with zero attached hydrogens (tertiary/aromatic N) is 1. The normalized spacial score (nSPS) is 23.3. The van der Waals surface area contributed by atoms with E-state index in [9.17, 15) is 53.4 Å². The first-order valence-electron chi connectivity index (χ1n) is 25.1. The molecule has 0 aliphatic carbocycles. The molecule has 0 spiro atoms. The molecule has 6 rings (SSSR count). The van der Waals surface area contributed by atoms with E-state index in [1.54, 1.807) is 121 Å². The Bertz CT molecular complexity index is 2880. The number of nitrogens with two attached hydrogens (primary N) is 2. The maximum atomic E-state index is 14.9. The number of aliphatic carboxylic acids is 1. The third-order valence-electron chi connectivity index (χ3n) is 12.7. The maximum Gasteiger partial charge on any atom is 0.327 e. The summed E-state index contributed by atoms with van der Waals surface area (Å²) in [7, 11) is 3.22. The van der Waals surface area contributed by atoms with E-state index in [-0.39, 0.29) is 50.2 Å². The molecule has 9 atom stereocenters. The van der Waals surface area contributed by atoms with Gasteiger partial charge in [0, 0.05) is 74.3 Å². The number of rotatable bonds is 13. The predicted molar refractivity (Wildman–Crippen MR) is 295 cm³/mol. The van der Waals surface area contributed by atoms with Gasteiger partial charge in [0.1, 0.15) is 36.3 Å². The smallest absolute Gasteiger partial charge is 0.327 e. The molecule has 22 nitrogen and oxygen atoms in total. The second-order valence-electron chi connectivity index (χ2n) is 18.6. The van der Waals surface area contributed by atoms with Crippen molar-refractivity contribution in [3.63, 3.8) is 0 Å². The highest BCUT2D eigenvalue weighted by Gasteiger charge is 2.38. The number of carbonyl (C=O) groups is 9. The zero-order valence-electron chi connectivity index (χ0n) is 42.9. The summed E-state index contributed by atoms with van der Waals surface area (Å²) in [5, 5.41) is 40.2. The Balaban J connectivity index is 1.43. The van der Waals surface area contributed by atoms with Crippen molar-refractivity contribution in [2.24, 2.45) is 11.5 Å². The molecular weight excluding hydrogens is 1040 g/mol. The van der Waals surface area contributed by atoms with Gasteiger partial charge in [0.05, 0.1) is 12.1 Å². The van der Waals surface area contributed by atoms with Crippen molar-refractivity contribution in [2.75, 3.05) is 25.1 Å². The monoisotopic (exact) mass is 1110 g/mol. The lowest BCUT2D eigenvalue weighted by Gasteiger charge is -2.32. The highest BCUT2D eigenvalue weighted by atomic mass is 33.1. The summed E-state index contributed by atoms with van der Waals surface area (Å²) in [6, 6.07) is 22.7. The van der Waals surface area contributed by atoms with E-state index in [1.165, 1.54) is 14.0 Å². The van der Waals surface area contributed by atoms with Crippen molar-refractivity contribution in [2.45, 2.75) is 93.6 Å². The highest BCUT2D eigenvalue weighted by Crippen LogP contribution is 2.24. The van der Waals surface area contributed by atoms with Gasteiger partial charge >= 0.3 is 5.97 Å². The van der Waals surface area contributed by atoms with Gasteiger partial charge in [-0.3, -0.25) is 38.4 Å². The second-order valence-corrected chi connectivity index (χ2v) is 21.2. The number of aliphatic hydroxyl groups excluding tert-OH is 1. The van der Waals surface area contributed by atoms with E-state index in [4.69, 9.17) is 11.5 Å². The van der Waals surface area contributed by atoms with Crippen LogP contribution < -0.4 is 48.7 Å². The first-order chi connectivity index (χ1) is 37.4. The molecule has 1 fully saturated rings. The van der Waals surface area contributed by atoms with Crippen LogP contribution in [-0.4, -0.2) is 153 Å². The van der Waals surface area contributed by atoms with Crippen LogP contribution in [0.2, 0.25) is 0 Å². The number of para-hydroxylation sites is 1. The lowest BCUT2D eigenvalue weighted by molar-refractivity contribution is -0.145. The summed E-state index contributed by atoms with van der Waals surface area (Å²) >= 11 is 0. The number of carboxylic acids is 1. The molecule has 0 saturated carbocycles. The van der Waals surface area contributed by atoms with E-state index in [1.807, 2.05) is 0 Å². The third-order valence-corrected chi connectivity index (χ3v) is 15.2. The summed E-state index contributed by atoms with van der Waals surface area (Å²) in [6.07, 6.45) is -2.80. The number of aromatic amines is 1. The number of amides is 8. The van der Waals surface area contributed by atoms with E-state index in [2.05, 4.69) is 42.2 Å². The Morgan fingerprint density at radius 1 is 0.590 bits per heavy atom. The molecule has 0 radical (unpaired) electrons. The topological polar surface area (TPSA) is 349 Å². The average molecular weight is 1110 g/mol. The quantitative estimate of drug-likeness (QED) is 0.0679. The van der Waals surface area contributed by atoms with Crippen LogP contribution in [0, 0.1) is 0 Å². The van der Waals surface area contributed by atoms with E-state index >= 15 is 0 Å². The lowest BCUT2D eigenvalue weighted by Crippen LogP contribution is -2.65. The lowest BCUT2D eigenvalue weighted by atomic mass is 10.0. The summed E-state index contributed by atoms with van der Waals surface area (Å²) in [4.78, 5) is 131. The van der Waals surface area contributed by atoms with Crippen molar-refractivity contribution < 1.29 is 53.4 Å². The molecule has 78 heavy (non-hydrogen) atoms. The zero-order chi connectivity index (χ0) is 56.3. The second kappa shape index (κ2) is 29.1. The van der Waals surface area contributed by atoms with Crippen LogP contribution in [0.5, 0.6) is 0 Å². The molecule has 5 aromatic rings. The van der Waals surface area contributed by atoms with Crippen molar-refractivity contribution in [3.05, 3.63) is 144 Å². The van der Waals surface area contributed by atoms with Crippen LogP contribution in [0.4, 0.5) is 0 Å². The molecule has 8 amide bonds. The molecule has 4 aromatic carbocycles. The summed E-state index contributed by atoms with van der Waals surface area (Å²) < 4.78 is 0. The molecule has 1 aromatic heterocycles. The van der Waals surface area contributed by atoms with Crippen molar-refractivity contribution in [1.82, 2.24) is 47.1 Å². The van der Waals surface area contributed by atoms with Crippen molar-refractivity contribution in [1.29, 1.82) is 0 Å². The molecule has 24 heteroatoms. The zero-order valence-corrected chi connectivity index (χ0v) is 44.5. The number of H-pyrrole nitrogens is 1. The fraction of sp³-hybridized carbons (Fsp3) is 0.352. The van der Waals surface area contributed by atoms with Crippen LogP contribution >= 0.6 is 21.6 Å². The number of fused-ring (bicyclic) bond motifs is 1. The largest absolute Gasteiger partial charge is 0.480 e. The number of aromatic nitrogens is 1. The van der Waals surface area contributed by atoms with Gasteiger partial charge in [0.25, 0.3) is 5.91 Å². The van der Waals surface area contributed by atoms with Gasteiger partial charge in [0.15, 0.2) is 6.17 Å². The first kappa shape index (κ1) is 59.5. The molecule has 1 aliphatic heterocycles. The number of benzene rings is 4. The van der Waals surface area contributed by atoms with Gasteiger partial charge in [-0.25, -0.2) is 4.79 Å². The Morgan fingerprint density at radius 3 is 1.55 bits per heavy atom. The minimum Gasteiger partial charge on any atom is -0.480 e. The Kier molecular flexibility index (Phi) is 22.2. The van der Waals surface area contributed by atoms with Crippen molar-refractivity contribution >= 4 is 85.7 Å². The number of carboxylic acid groups (broad SMARTS) is 1. The van der Waals surface area contributed by atoms with Crippen LogP contribution in [0.1, 0.15) is 35.6 Å². The summed E-state index contributed by atoms with van der Waals surface area (Å²) in [6.45, 7) is 1.02. The van der Waals surface area contributed by atoms with Crippen LogP contribution in [0.3, 0.4) is 0 Å². The fourth-order valence-corrected chi connectivity index (χ4v) is 10.7. The van der Waals surface area contributed by atoms with Gasteiger partial charge < -0.3 is 68.8 Å². The number of hydrogen-bond acceptors (Lipinski definition) is 14. The Labute approximate surface area is 458 Å². The van der Waals surface area contributed by atoms with E-state index in [0.717, 1.165) is 26.5 Å². The SMILES string of the molecule is C[C@@H](O)[C@@H]1NC(=O)[C@H](N(C)C(=O)CCN)NC(=O)[C@@H](Cc2c[nH]c3ccccc23)NC(=O)[C@H](Cc2ccccc2)NC(=O)[C@H](Cc2ccccc2)NC(=O)[C@@H](N)CSSC[C@@H](C(=O)O)NC(=O)[C@H](Cc2ccccc2)NC1=O. The third kappa shape index (κ3) is 17.1. The van der Waals surface area contributed by atoms with E-state index in [0.29, 0.717) is 33.2 Å². The van der Waals surface area contributed by atoms with Gasteiger partial charge in [-0.05, 0) is 35.2 Å². The van der Waals surface area contributed by atoms with Crippen LogP contribution in [-0.2, 0) is 68.8 Å². The Hall–Kier alpha value is -7.77.